The average Bonchev–Trinajstić information content (AvgIpc) is 2.92. The van der Waals surface area contributed by atoms with Crippen LogP contribution in [0.3, 0.4) is 0 Å². The van der Waals surface area contributed by atoms with Crippen LogP contribution < -0.4 is 20.8 Å². The van der Waals surface area contributed by atoms with E-state index in [9.17, 15) is 0 Å². The highest BCUT2D eigenvalue weighted by Crippen LogP contribution is 2.33. The molecule has 1 nitrogen and oxygen atoms in total. The van der Waals surface area contributed by atoms with Crippen LogP contribution in [0, 0.1) is 0 Å². The van der Waals surface area contributed by atoms with Crippen LogP contribution >= 0.6 is 7.92 Å². The summed E-state index contributed by atoms with van der Waals surface area (Å²) < 4.78 is 0. The third kappa shape index (κ3) is 5.76. The zero-order valence-corrected chi connectivity index (χ0v) is 21.9. The van der Waals surface area contributed by atoms with Gasteiger partial charge in [-0.25, -0.2) is 0 Å². The summed E-state index contributed by atoms with van der Waals surface area (Å²) >= 11 is 0. The maximum absolute atomic E-state index is 2.34. The van der Waals surface area contributed by atoms with Gasteiger partial charge in [0.2, 0.25) is 0 Å². The second kappa shape index (κ2) is 11.4. The van der Waals surface area contributed by atoms with Crippen LogP contribution in [0.25, 0.3) is 0 Å². The Morgan fingerprint density at radius 3 is 1.47 bits per heavy atom. The maximum Gasteiger partial charge on any atom is 0.0396 e. The highest BCUT2D eigenvalue weighted by molar-refractivity contribution is 7.79. The minimum Gasteiger partial charge on any atom is -0.377 e. The van der Waals surface area contributed by atoms with Gasteiger partial charge in [0, 0.05) is 19.8 Å². The number of nitrogens with zero attached hydrogens (tertiary/aromatic N) is 1. The van der Waals surface area contributed by atoms with Crippen molar-refractivity contribution in [3.05, 3.63) is 156 Å². The van der Waals surface area contributed by atoms with Gasteiger partial charge in [0.1, 0.15) is 0 Å². The minimum atomic E-state index is -0.614. The smallest absolute Gasteiger partial charge is 0.0396 e. The summed E-state index contributed by atoms with van der Waals surface area (Å²) in [5.74, 6) is 0. The van der Waals surface area contributed by atoms with Crippen molar-refractivity contribution in [3.63, 3.8) is 0 Å². The molecule has 0 N–H and O–H groups in total. The molecule has 0 aliphatic heterocycles. The molecular weight excluding hydrogens is 453 g/mol. The Morgan fingerprint density at radius 2 is 0.889 bits per heavy atom. The van der Waals surface area contributed by atoms with E-state index in [1.807, 2.05) is 0 Å². The van der Waals surface area contributed by atoms with Crippen LogP contribution in [0.1, 0.15) is 22.3 Å². The Morgan fingerprint density at radius 1 is 0.444 bits per heavy atom. The van der Waals surface area contributed by atoms with Crippen LogP contribution in [0.5, 0.6) is 0 Å². The summed E-state index contributed by atoms with van der Waals surface area (Å²) in [6.45, 7) is 0. The lowest BCUT2D eigenvalue weighted by atomic mass is 10.0. The van der Waals surface area contributed by atoms with Crippen LogP contribution in [0.4, 0.5) is 5.69 Å². The first kappa shape index (κ1) is 24.0. The molecule has 0 saturated heterocycles. The van der Waals surface area contributed by atoms with Crippen LogP contribution in [-0.2, 0) is 12.8 Å². The maximum atomic E-state index is 2.34. The molecule has 0 fully saturated rings. The molecule has 0 bridgehead atoms. The molecule has 5 aromatic rings. The van der Waals surface area contributed by atoms with Crippen molar-refractivity contribution in [1.82, 2.24) is 0 Å². The molecule has 1 unspecified atom stereocenters. The Labute approximate surface area is 216 Å². The summed E-state index contributed by atoms with van der Waals surface area (Å²) in [5, 5.41) is 4.16. The van der Waals surface area contributed by atoms with Crippen LogP contribution in [0.15, 0.2) is 133 Å². The van der Waals surface area contributed by atoms with E-state index in [1.54, 1.807) is 0 Å². The summed E-state index contributed by atoms with van der Waals surface area (Å²) in [7, 11) is 3.61. The zero-order valence-electron chi connectivity index (χ0n) is 21.0. The largest absolute Gasteiger partial charge is 0.377 e. The van der Waals surface area contributed by atoms with Gasteiger partial charge in [0.05, 0.1) is 0 Å². The van der Waals surface area contributed by atoms with E-state index >= 15 is 0 Å². The van der Waals surface area contributed by atoms with Gasteiger partial charge < -0.3 is 4.90 Å². The van der Waals surface area contributed by atoms with Gasteiger partial charge in [-0.2, -0.15) is 0 Å². The second-order valence-electron chi connectivity index (χ2n) is 9.37. The van der Waals surface area contributed by atoms with E-state index in [1.165, 1.54) is 43.9 Å². The number of para-hydroxylation sites is 1. The molecule has 5 aromatic carbocycles. The van der Waals surface area contributed by atoms with E-state index in [4.69, 9.17) is 0 Å². The third-order valence-corrected chi connectivity index (χ3v) is 8.97. The molecule has 0 radical (unpaired) electrons. The summed E-state index contributed by atoms with van der Waals surface area (Å²) in [5.41, 5.74) is 6.68. The monoisotopic (exact) mass is 485 g/mol. The molecule has 0 saturated carbocycles. The number of hydrogen-bond donors (Lipinski definition) is 0. The normalized spacial score (nSPS) is 11.7. The van der Waals surface area contributed by atoms with Crippen molar-refractivity contribution < 1.29 is 0 Å². The van der Waals surface area contributed by atoms with Gasteiger partial charge in [-0.05, 0) is 65.0 Å². The summed E-state index contributed by atoms with van der Waals surface area (Å²) in [6, 6.07) is 48.9. The molecule has 36 heavy (non-hydrogen) atoms. The van der Waals surface area contributed by atoms with Crippen LogP contribution in [-0.4, -0.2) is 14.1 Å². The van der Waals surface area contributed by atoms with E-state index in [-0.39, 0.29) is 0 Å². The number of anilines is 1. The topological polar surface area (TPSA) is 3.24 Å². The lowest BCUT2D eigenvalue weighted by molar-refractivity contribution is 1.08. The first-order valence-electron chi connectivity index (χ1n) is 12.5. The van der Waals surface area contributed by atoms with Crippen molar-refractivity contribution in [2.45, 2.75) is 12.8 Å². The molecule has 0 aliphatic rings. The van der Waals surface area contributed by atoms with Crippen molar-refractivity contribution >= 4 is 29.5 Å². The first-order chi connectivity index (χ1) is 17.7. The van der Waals surface area contributed by atoms with Gasteiger partial charge in [-0.3, -0.25) is 0 Å². The predicted molar refractivity (Wildman–Crippen MR) is 158 cm³/mol. The molecule has 0 spiro atoms. The summed E-state index contributed by atoms with van der Waals surface area (Å²) in [6.07, 6.45) is 1.90. The standard InChI is InChI=1S/C34H32NP/c1-35(2)34-16-10-9-13-30(34)26-29-19-23-33(24-20-29)36(31-14-7-4-8-15-31)32-21-17-28(18-22-32)25-27-11-5-3-6-12-27/h3-24H,25-26H2,1-2H3. The molecule has 0 amide bonds. The Balaban J connectivity index is 1.42. The molecule has 5 rings (SSSR count). The highest BCUT2D eigenvalue weighted by atomic mass is 31.1. The Hall–Kier alpha value is -3.67. The van der Waals surface area contributed by atoms with Gasteiger partial charge in [-0.1, -0.05) is 127 Å². The first-order valence-corrected chi connectivity index (χ1v) is 13.8. The molecule has 178 valence electrons. The fourth-order valence-corrected chi connectivity index (χ4v) is 6.96. The Bertz CT molecular complexity index is 1380. The van der Waals surface area contributed by atoms with Crippen LogP contribution in [0.2, 0.25) is 0 Å². The van der Waals surface area contributed by atoms with Gasteiger partial charge >= 0.3 is 0 Å². The molecule has 0 aliphatic carbocycles. The minimum absolute atomic E-state index is 0.614. The fourth-order valence-electron chi connectivity index (χ4n) is 4.70. The summed E-state index contributed by atoms with van der Waals surface area (Å²) in [4.78, 5) is 2.19. The van der Waals surface area contributed by atoms with E-state index in [0.717, 1.165) is 12.8 Å². The van der Waals surface area contributed by atoms with Crippen molar-refractivity contribution in [3.8, 4) is 0 Å². The molecular formula is C34H32NP. The average molecular weight is 486 g/mol. The van der Waals surface area contributed by atoms with Gasteiger partial charge in [0.15, 0.2) is 0 Å². The second-order valence-corrected chi connectivity index (χ2v) is 11.6. The molecule has 0 heterocycles. The van der Waals surface area contributed by atoms with Crippen molar-refractivity contribution in [2.75, 3.05) is 19.0 Å². The molecule has 1 atom stereocenters. The van der Waals surface area contributed by atoms with E-state index in [0.29, 0.717) is 0 Å². The highest BCUT2D eigenvalue weighted by Gasteiger charge is 2.16. The lowest BCUT2D eigenvalue weighted by Gasteiger charge is -2.20. The number of rotatable bonds is 8. The number of hydrogen-bond acceptors (Lipinski definition) is 1. The quantitative estimate of drug-likeness (QED) is 0.221. The zero-order chi connectivity index (χ0) is 24.7. The van der Waals surface area contributed by atoms with Crippen molar-refractivity contribution in [2.24, 2.45) is 0 Å². The van der Waals surface area contributed by atoms with Gasteiger partial charge in [0.25, 0.3) is 0 Å². The number of benzene rings is 5. The predicted octanol–water partition coefficient (Wildman–Crippen LogP) is 6.69. The lowest BCUT2D eigenvalue weighted by Crippen LogP contribution is -2.20. The fraction of sp³-hybridized carbons (Fsp3) is 0.118. The van der Waals surface area contributed by atoms with Crippen molar-refractivity contribution in [1.29, 1.82) is 0 Å². The van der Waals surface area contributed by atoms with E-state index < -0.39 is 7.92 Å². The molecule has 0 aromatic heterocycles. The Kier molecular flexibility index (Phi) is 7.60. The molecule has 2 heteroatoms. The van der Waals surface area contributed by atoms with E-state index in [2.05, 4.69) is 152 Å². The third-order valence-electron chi connectivity index (χ3n) is 6.52. The van der Waals surface area contributed by atoms with Gasteiger partial charge in [-0.15, -0.1) is 0 Å². The SMILES string of the molecule is CN(C)c1ccccc1Cc1ccc(P(c2ccccc2)c2ccc(Cc3ccccc3)cc2)cc1.